The summed E-state index contributed by atoms with van der Waals surface area (Å²) < 4.78 is 43.4. The molecule has 1 amide bonds. The highest BCUT2D eigenvalue weighted by molar-refractivity contribution is 8.00. The van der Waals surface area contributed by atoms with E-state index in [1.54, 1.807) is 26.3 Å². The van der Waals surface area contributed by atoms with Crippen LogP contribution in [0.25, 0.3) is 0 Å². The van der Waals surface area contributed by atoms with Crippen LogP contribution in [-0.4, -0.2) is 35.6 Å². The Labute approximate surface area is 169 Å². The molecule has 0 saturated heterocycles. The third-order valence-electron chi connectivity index (χ3n) is 4.41. The van der Waals surface area contributed by atoms with Gasteiger partial charge in [-0.3, -0.25) is 14.9 Å². The van der Waals surface area contributed by atoms with Gasteiger partial charge in [0.1, 0.15) is 5.75 Å². The first-order valence-electron chi connectivity index (χ1n) is 8.42. The van der Waals surface area contributed by atoms with Crippen molar-refractivity contribution in [2.24, 2.45) is 0 Å². The number of alkyl halides is 3. The second kappa shape index (κ2) is 9.17. The highest BCUT2D eigenvalue weighted by Gasteiger charge is 2.33. The third-order valence-corrected chi connectivity index (χ3v) is 5.45. The third kappa shape index (κ3) is 5.63. The number of nitro groups is 1. The molecule has 0 aromatic heterocycles. The Morgan fingerprint density at radius 3 is 2.38 bits per heavy atom. The highest BCUT2D eigenvalue weighted by Crippen LogP contribution is 2.36. The van der Waals surface area contributed by atoms with Crippen molar-refractivity contribution in [1.82, 2.24) is 4.90 Å². The summed E-state index contributed by atoms with van der Waals surface area (Å²) in [7, 11) is 3.14. The molecule has 2 aromatic rings. The van der Waals surface area contributed by atoms with Crippen molar-refractivity contribution in [3.63, 3.8) is 0 Å². The normalized spacial score (nSPS) is 12.3. The van der Waals surface area contributed by atoms with Crippen LogP contribution >= 0.6 is 11.8 Å². The Hall–Kier alpha value is -2.75. The fourth-order valence-corrected chi connectivity index (χ4v) is 3.45. The van der Waals surface area contributed by atoms with E-state index in [1.165, 1.54) is 4.90 Å². The monoisotopic (exact) mass is 428 g/mol. The number of nitrogens with zero attached hydrogens (tertiary/aromatic N) is 2. The minimum Gasteiger partial charge on any atom is -0.497 e. The van der Waals surface area contributed by atoms with Crippen LogP contribution < -0.4 is 4.74 Å². The molecule has 0 spiro atoms. The quantitative estimate of drug-likeness (QED) is 0.355. The molecular formula is C19H19F3N2O4S. The Bertz CT molecular complexity index is 888. The van der Waals surface area contributed by atoms with Crippen molar-refractivity contribution in [3.05, 3.63) is 63.7 Å². The lowest BCUT2D eigenvalue weighted by molar-refractivity contribution is -0.388. The van der Waals surface area contributed by atoms with E-state index in [0.29, 0.717) is 11.8 Å². The molecule has 1 unspecified atom stereocenters. The van der Waals surface area contributed by atoms with Gasteiger partial charge in [-0.05, 0) is 36.8 Å². The average molecular weight is 428 g/mol. The van der Waals surface area contributed by atoms with Crippen molar-refractivity contribution in [2.45, 2.75) is 24.0 Å². The summed E-state index contributed by atoms with van der Waals surface area (Å²) in [4.78, 5) is 24.2. The number of benzene rings is 2. The fraction of sp³-hybridized carbons (Fsp3) is 0.316. The second-order valence-corrected chi connectivity index (χ2v) is 7.20. The van der Waals surface area contributed by atoms with E-state index in [9.17, 15) is 28.1 Å². The molecule has 0 aliphatic rings. The minimum atomic E-state index is -4.68. The van der Waals surface area contributed by atoms with Gasteiger partial charge in [0.15, 0.2) is 0 Å². The molecule has 156 valence electrons. The topological polar surface area (TPSA) is 72.7 Å². The van der Waals surface area contributed by atoms with E-state index < -0.39 is 22.4 Å². The Balaban J connectivity index is 2.10. The number of nitro benzene ring substituents is 1. The lowest BCUT2D eigenvalue weighted by atomic mass is 10.1. The Kier molecular flexibility index (Phi) is 7.12. The number of hydrogen-bond acceptors (Lipinski definition) is 5. The van der Waals surface area contributed by atoms with Crippen molar-refractivity contribution >= 4 is 23.4 Å². The fourth-order valence-electron chi connectivity index (χ4n) is 2.52. The Morgan fingerprint density at radius 2 is 1.86 bits per heavy atom. The molecule has 0 radical (unpaired) electrons. The molecule has 2 aromatic carbocycles. The van der Waals surface area contributed by atoms with Crippen LogP contribution in [0, 0.1) is 10.1 Å². The lowest BCUT2D eigenvalue weighted by Gasteiger charge is -2.25. The lowest BCUT2D eigenvalue weighted by Crippen LogP contribution is -2.31. The summed E-state index contributed by atoms with van der Waals surface area (Å²) in [5, 5.41) is 11.1. The zero-order chi connectivity index (χ0) is 21.8. The van der Waals surface area contributed by atoms with E-state index in [2.05, 4.69) is 0 Å². The van der Waals surface area contributed by atoms with E-state index in [-0.39, 0.29) is 22.6 Å². The number of carbonyl (C=O) groups is 1. The zero-order valence-electron chi connectivity index (χ0n) is 15.9. The van der Waals surface area contributed by atoms with E-state index in [0.717, 1.165) is 29.5 Å². The summed E-state index contributed by atoms with van der Waals surface area (Å²) in [6.45, 7) is 1.82. The number of methoxy groups -OCH3 is 1. The first-order valence-corrected chi connectivity index (χ1v) is 9.41. The van der Waals surface area contributed by atoms with Crippen LogP contribution in [0.5, 0.6) is 5.75 Å². The van der Waals surface area contributed by atoms with E-state index in [4.69, 9.17) is 4.74 Å². The molecule has 0 aliphatic carbocycles. The van der Waals surface area contributed by atoms with Crippen molar-refractivity contribution in [2.75, 3.05) is 19.9 Å². The molecule has 0 heterocycles. The molecule has 1 atom stereocenters. The minimum absolute atomic E-state index is 0.00171. The largest absolute Gasteiger partial charge is 0.497 e. The first-order chi connectivity index (χ1) is 13.5. The summed E-state index contributed by atoms with van der Waals surface area (Å²) >= 11 is 0.830. The van der Waals surface area contributed by atoms with Crippen molar-refractivity contribution < 1.29 is 27.6 Å². The van der Waals surface area contributed by atoms with Gasteiger partial charge in [-0.1, -0.05) is 12.1 Å². The molecule has 0 aliphatic heterocycles. The summed E-state index contributed by atoms with van der Waals surface area (Å²) in [6, 6.07) is 9.18. The number of amides is 1. The number of rotatable bonds is 7. The predicted molar refractivity (Wildman–Crippen MR) is 103 cm³/mol. The van der Waals surface area contributed by atoms with Gasteiger partial charge in [0.05, 0.1) is 34.3 Å². The summed E-state index contributed by atoms with van der Waals surface area (Å²) in [5.74, 6) is 0.219. The highest BCUT2D eigenvalue weighted by atomic mass is 32.2. The Morgan fingerprint density at radius 1 is 1.24 bits per heavy atom. The second-order valence-electron chi connectivity index (χ2n) is 6.18. The molecule has 2 rings (SSSR count). The number of thioether (sulfide) groups is 1. The standard InChI is InChI=1S/C19H19F3N2O4S/c1-12(13-4-7-15(28-3)8-5-13)23(2)18(25)11-29-17-9-6-14(19(20,21)22)10-16(17)24(26)27/h4-10,12H,11H2,1-3H3. The number of hydrogen-bond donors (Lipinski definition) is 0. The molecule has 6 nitrogen and oxygen atoms in total. The van der Waals surface area contributed by atoms with Gasteiger partial charge >= 0.3 is 6.18 Å². The molecular weight excluding hydrogens is 409 g/mol. The van der Waals surface area contributed by atoms with Crippen molar-refractivity contribution in [3.8, 4) is 5.75 Å². The molecule has 29 heavy (non-hydrogen) atoms. The zero-order valence-corrected chi connectivity index (χ0v) is 16.7. The maximum atomic E-state index is 12.8. The molecule has 10 heteroatoms. The average Bonchev–Trinajstić information content (AvgIpc) is 2.69. The van der Waals surface area contributed by atoms with Gasteiger partial charge < -0.3 is 9.64 Å². The van der Waals surface area contributed by atoms with Gasteiger partial charge in [0.25, 0.3) is 5.69 Å². The number of halogens is 3. The van der Waals surface area contributed by atoms with E-state index >= 15 is 0 Å². The van der Waals surface area contributed by atoms with Gasteiger partial charge in [-0.25, -0.2) is 0 Å². The van der Waals surface area contributed by atoms with Crippen LogP contribution in [0.4, 0.5) is 18.9 Å². The predicted octanol–water partition coefficient (Wildman–Crippen LogP) is 4.93. The van der Waals surface area contributed by atoms with Crippen molar-refractivity contribution in [1.29, 1.82) is 0 Å². The molecule has 0 fully saturated rings. The van der Waals surface area contributed by atoms with Gasteiger partial charge in [0, 0.05) is 13.1 Å². The first kappa shape index (κ1) is 22.5. The van der Waals surface area contributed by atoms with Crippen LogP contribution in [0.3, 0.4) is 0 Å². The summed E-state index contributed by atoms with van der Waals surface area (Å²) in [5.41, 5.74) is -0.916. The van der Waals surface area contributed by atoms with Gasteiger partial charge in [-0.15, -0.1) is 11.8 Å². The SMILES string of the molecule is COc1ccc(C(C)N(C)C(=O)CSc2ccc(C(F)(F)F)cc2[N+](=O)[O-])cc1. The van der Waals surface area contributed by atoms with Gasteiger partial charge in [-0.2, -0.15) is 13.2 Å². The van der Waals surface area contributed by atoms with Crippen LogP contribution in [0.1, 0.15) is 24.1 Å². The van der Waals surface area contributed by atoms with Crippen LogP contribution in [0.2, 0.25) is 0 Å². The van der Waals surface area contributed by atoms with E-state index in [1.807, 2.05) is 19.1 Å². The van der Waals surface area contributed by atoms with Crippen LogP contribution in [0.15, 0.2) is 47.4 Å². The molecule has 0 bridgehead atoms. The molecule has 0 N–H and O–H groups in total. The summed E-state index contributed by atoms with van der Waals surface area (Å²) in [6.07, 6.45) is -4.68. The molecule has 0 saturated carbocycles. The smallest absolute Gasteiger partial charge is 0.416 e. The number of ether oxygens (including phenoxy) is 1. The number of carbonyl (C=O) groups excluding carboxylic acids is 1. The van der Waals surface area contributed by atoms with Crippen LogP contribution in [-0.2, 0) is 11.0 Å². The maximum Gasteiger partial charge on any atom is 0.416 e. The van der Waals surface area contributed by atoms with Gasteiger partial charge in [0.2, 0.25) is 5.91 Å². The maximum absolute atomic E-state index is 12.8.